The van der Waals surface area contributed by atoms with Crippen molar-refractivity contribution >= 4 is 10.0 Å². The SMILES string of the molecule is Cn1cc(CCNS(C)(=O)=O)cn1. The largest absolute Gasteiger partial charge is 0.276 e. The smallest absolute Gasteiger partial charge is 0.208 e. The fraction of sp³-hybridized carbons (Fsp3) is 0.571. The molecule has 6 heteroatoms. The van der Waals surface area contributed by atoms with Crippen LogP contribution < -0.4 is 4.72 Å². The van der Waals surface area contributed by atoms with E-state index < -0.39 is 10.0 Å². The van der Waals surface area contributed by atoms with Crippen molar-refractivity contribution in [3.05, 3.63) is 18.0 Å². The number of hydrogen-bond donors (Lipinski definition) is 1. The first kappa shape index (κ1) is 10.2. The van der Waals surface area contributed by atoms with E-state index in [9.17, 15) is 8.42 Å². The molecule has 1 aromatic rings. The zero-order valence-corrected chi connectivity index (χ0v) is 8.50. The van der Waals surface area contributed by atoms with E-state index in [1.54, 1.807) is 10.9 Å². The molecule has 0 atom stereocenters. The molecule has 1 N–H and O–H groups in total. The molecule has 13 heavy (non-hydrogen) atoms. The number of nitrogens with zero attached hydrogens (tertiary/aromatic N) is 2. The van der Waals surface area contributed by atoms with Gasteiger partial charge in [-0.15, -0.1) is 0 Å². The standard InChI is InChI=1S/C7H13N3O2S/c1-10-6-7(5-8-10)3-4-9-13(2,11)12/h5-6,9H,3-4H2,1-2H3. The van der Waals surface area contributed by atoms with Gasteiger partial charge in [0.2, 0.25) is 10.0 Å². The highest BCUT2D eigenvalue weighted by Crippen LogP contribution is 1.96. The van der Waals surface area contributed by atoms with Crippen LogP contribution in [0, 0.1) is 0 Å². The van der Waals surface area contributed by atoms with Gasteiger partial charge in [-0.1, -0.05) is 0 Å². The molecular weight excluding hydrogens is 190 g/mol. The molecule has 0 aromatic carbocycles. The molecule has 0 fully saturated rings. The average Bonchev–Trinajstić information content (AvgIpc) is 2.33. The zero-order valence-electron chi connectivity index (χ0n) is 7.69. The molecule has 0 spiro atoms. The fourth-order valence-corrected chi connectivity index (χ4v) is 1.45. The van der Waals surface area contributed by atoms with Crippen molar-refractivity contribution in [1.82, 2.24) is 14.5 Å². The van der Waals surface area contributed by atoms with E-state index in [0.29, 0.717) is 13.0 Å². The van der Waals surface area contributed by atoms with Crippen molar-refractivity contribution in [3.63, 3.8) is 0 Å². The molecule has 1 heterocycles. The van der Waals surface area contributed by atoms with Crippen LogP contribution >= 0.6 is 0 Å². The van der Waals surface area contributed by atoms with Crippen LogP contribution in [0.5, 0.6) is 0 Å². The van der Waals surface area contributed by atoms with Gasteiger partial charge in [0.25, 0.3) is 0 Å². The van der Waals surface area contributed by atoms with Gasteiger partial charge in [0.1, 0.15) is 0 Å². The highest BCUT2D eigenvalue weighted by molar-refractivity contribution is 7.88. The molecule has 0 saturated heterocycles. The number of rotatable bonds is 4. The number of nitrogens with one attached hydrogen (secondary N) is 1. The molecule has 0 aliphatic carbocycles. The lowest BCUT2D eigenvalue weighted by Gasteiger charge is -1.98. The second-order valence-corrected chi connectivity index (χ2v) is 4.77. The second-order valence-electron chi connectivity index (χ2n) is 2.94. The van der Waals surface area contributed by atoms with Crippen LogP contribution in [0.3, 0.4) is 0 Å². The van der Waals surface area contributed by atoms with Gasteiger partial charge < -0.3 is 0 Å². The average molecular weight is 203 g/mol. The highest BCUT2D eigenvalue weighted by Gasteiger charge is 2.00. The zero-order chi connectivity index (χ0) is 9.90. The lowest BCUT2D eigenvalue weighted by molar-refractivity contribution is 0.588. The summed E-state index contributed by atoms with van der Waals surface area (Å²) in [5.41, 5.74) is 1.03. The molecule has 0 aliphatic rings. The van der Waals surface area contributed by atoms with E-state index >= 15 is 0 Å². The maximum absolute atomic E-state index is 10.7. The van der Waals surface area contributed by atoms with Gasteiger partial charge in [0, 0.05) is 19.8 Å². The van der Waals surface area contributed by atoms with Crippen molar-refractivity contribution in [1.29, 1.82) is 0 Å². The third-order valence-corrected chi connectivity index (χ3v) is 2.26. The summed E-state index contributed by atoms with van der Waals surface area (Å²) in [6, 6.07) is 0. The van der Waals surface area contributed by atoms with Gasteiger partial charge in [0.05, 0.1) is 12.5 Å². The Bertz CT molecular complexity index is 369. The molecule has 0 amide bonds. The Balaban J connectivity index is 2.36. The molecule has 5 nitrogen and oxygen atoms in total. The predicted molar refractivity (Wildman–Crippen MR) is 49.8 cm³/mol. The van der Waals surface area contributed by atoms with Gasteiger partial charge in [-0.25, -0.2) is 13.1 Å². The first-order chi connectivity index (χ1) is 5.97. The minimum atomic E-state index is -3.06. The maximum atomic E-state index is 10.7. The lowest BCUT2D eigenvalue weighted by Crippen LogP contribution is -2.24. The summed E-state index contributed by atoms with van der Waals surface area (Å²) in [4.78, 5) is 0. The van der Waals surface area contributed by atoms with E-state index in [-0.39, 0.29) is 0 Å². The Labute approximate surface area is 77.8 Å². The molecule has 0 radical (unpaired) electrons. The van der Waals surface area contributed by atoms with E-state index in [2.05, 4.69) is 9.82 Å². The monoisotopic (exact) mass is 203 g/mol. The van der Waals surface area contributed by atoms with Gasteiger partial charge in [-0.3, -0.25) is 4.68 Å². The highest BCUT2D eigenvalue weighted by atomic mass is 32.2. The summed E-state index contributed by atoms with van der Waals surface area (Å²) >= 11 is 0. The van der Waals surface area contributed by atoms with Crippen molar-refractivity contribution in [3.8, 4) is 0 Å². The van der Waals surface area contributed by atoms with Crippen LogP contribution in [0.1, 0.15) is 5.56 Å². The summed E-state index contributed by atoms with van der Waals surface area (Å²) in [6.45, 7) is 0.421. The molecular formula is C7H13N3O2S. The van der Waals surface area contributed by atoms with Crippen LogP contribution in [-0.2, 0) is 23.5 Å². The van der Waals surface area contributed by atoms with E-state index in [4.69, 9.17) is 0 Å². The van der Waals surface area contributed by atoms with Gasteiger partial charge >= 0.3 is 0 Å². The Morgan fingerprint density at radius 1 is 1.62 bits per heavy atom. The molecule has 0 aliphatic heterocycles. The van der Waals surface area contributed by atoms with E-state index in [1.165, 1.54) is 0 Å². The summed E-state index contributed by atoms with van der Waals surface area (Å²) in [7, 11) is -1.24. The van der Waals surface area contributed by atoms with Crippen LogP contribution in [0.25, 0.3) is 0 Å². The minimum Gasteiger partial charge on any atom is -0.276 e. The topological polar surface area (TPSA) is 64.0 Å². The Kier molecular flexibility index (Phi) is 3.05. The number of hydrogen-bond acceptors (Lipinski definition) is 3. The van der Waals surface area contributed by atoms with Crippen molar-refractivity contribution < 1.29 is 8.42 Å². The summed E-state index contributed by atoms with van der Waals surface area (Å²) in [6.07, 6.45) is 5.41. The minimum absolute atomic E-state index is 0.421. The number of sulfonamides is 1. The first-order valence-corrected chi connectivity index (χ1v) is 5.79. The van der Waals surface area contributed by atoms with Gasteiger partial charge in [0.15, 0.2) is 0 Å². The van der Waals surface area contributed by atoms with Crippen LogP contribution in [-0.4, -0.2) is 31.0 Å². The van der Waals surface area contributed by atoms with Crippen LogP contribution in [0.15, 0.2) is 12.4 Å². The quantitative estimate of drug-likeness (QED) is 0.718. The van der Waals surface area contributed by atoms with Crippen molar-refractivity contribution in [2.75, 3.05) is 12.8 Å². The Morgan fingerprint density at radius 2 is 2.31 bits per heavy atom. The number of aryl methyl sites for hydroxylation is 1. The van der Waals surface area contributed by atoms with Crippen LogP contribution in [0.2, 0.25) is 0 Å². The Morgan fingerprint density at radius 3 is 2.77 bits per heavy atom. The van der Waals surface area contributed by atoms with E-state index in [1.807, 2.05) is 13.2 Å². The molecule has 0 unspecified atom stereocenters. The third-order valence-electron chi connectivity index (χ3n) is 1.54. The molecule has 74 valence electrons. The normalized spacial score (nSPS) is 11.8. The lowest BCUT2D eigenvalue weighted by atomic mass is 10.3. The van der Waals surface area contributed by atoms with Gasteiger partial charge in [-0.05, 0) is 12.0 Å². The van der Waals surface area contributed by atoms with Crippen molar-refractivity contribution in [2.24, 2.45) is 7.05 Å². The predicted octanol–water partition coefficient (Wildman–Crippen LogP) is -0.488. The molecule has 0 saturated carbocycles. The maximum Gasteiger partial charge on any atom is 0.208 e. The summed E-state index contributed by atoms with van der Waals surface area (Å²) in [5.74, 6) is 0. The summed E-state index contributed by atoms with van der Waals surface area (Å²) < 4.78 is 25.5. The fourth-order valence-electron chi connectivity index (χ4n) is 0.982. The van der Waals surface area contributed by atoms with E-state index in [0.717, 1.165) is 11.8 Å². The molecule has 1 aromatic heterocycles. The third kappa shape index (κ3) is 4.05. The second kappa shape index (κ2) is 3.89. The molecule has 0 bridgehead atoms. The van der Waals surface area contributed by atoms with Crippen molar-refractivity contribution in [2.45, 2.75) is 6.42 Å². The Hall–Kier alpha value is -0.880. The first-order valence-electron chi connectivity index (χ1n) is 3.89. The van der Waals surface area contributed by atoms with Gasteiger partial charge in [-0.2, -0.15) is 5.10 Å². The molecule has 1 rings (SSSR count). The summed E-state index contributed by atoms with van der Waals surface area (Å²) in [5, 5.41) is 3.97. The number of aromatic nitrogens is 2. The van der Waals surface area contributed by atoms with Crippen LogP contribution in [0.4, 0.5) is 0 Å².